The molecule has 0 spiro atoms. The van der Waals surface area contributed by atoms with Gasteiger partial charge in [-0.25, -0.2) is 0 Å². The Balaban J connectivity index is 0.00000161. The van der Waals surface area contributed by atoms with E-state index in [4.69, 9.17) is 15.2 Å². The van der Waals surface area contributed by atoms with Gasteiger partial charge in [-0.3, -0.25) is 4.90 Å². The van der Waals surface area contributed by atoms with Gasteiger partial charge < -0.3 is 15.2 Å². The maximum absolute atomic E-state index is 5.93. The molecule has 2 unspecified atom stereocenters. The lowest BCUT2D eigenvalue weighted by molar-refractivity contribution is 0.0679. The number of ether oxygens (including phenoxy) is 2. The van der Waals surface area contributed by atoms with Crippen LogP contribution in [-0.4, -0.2) is 43.3 Å². The van der Waals surface area contributed by atoms with Gasteiger partial charge in [-0.05, 0) is 37.0 Å². The van der Waals surface area contributed by atoms with Gasteiger partial charge in [-0.1, -0.05) is 12.1 Å². The zero-order valence-corrected chi connectivity index (χ0v) is 13.2. The minimum Gasteiger partial charge on any atom is -0.491 e. The van der Waals surface area contributed by atoms with Gasteiger partial charge in [0.05, 0.1) is 6.10 Å². The van der Waals surface area contributed by atoms with Crippen molar-refractivity contribution in [1.82, 2.24) is 4.90 Å². The van der Waals surface area contributed by atoms with Gasteiger partial charge in [0.1, 0.15) is 12.4 Å². The van der Waals surface area contributed by atoms with E-state index in [1.54, 1.807) is 0 Å². The van der Waals surface area contributed by atoms with Gasteiger partial charge in [0.2, 0.25) is 0 Å². The fraction of sp³-hybridized carbons (Fsp3) is 0.625. The molecule has 21 heavy (non-hydrogen) atoms. The first-order chi connectivity index (χ1) is 9.79. The Morgan fingerprint density at radius 3 is 2.67 bits per heavy atom. The fourth-order valence-corrected chi connectivity index (χ4v) is 2.92. The molecule has 2 fully saturated rings. The van der Waals surface area contributed by atoms with Crippen molar-refractivity contribution in [3.63, 3.8) is 0 Å². The van der Waals surface area contributed by atoms with Crippen molar-refractivity contribution in [2.75, 3.05) is 26.3 Å². The minimum atomic E-state index is 0. The van der Waals surface area contributed by atoms with Crippen molar-refractivity contribution in [1.29, 1.82) is 0 Å². The first-order valence-corrected chi connectivity index (χ1v) is 7.61. The van der Waals surface area contributed by atoms with Gasteiger partial charge in [0.25, 0.3) is 0 Å². The summed E-state index contributed by atoms with van der Waals surface area (Å²) in [4.78, 5) is 2.41. The standard InChI is InChI=1S/C16H24N2O2.ClH/c17-14-7-8-18(11-14)10-13-3-5-15(6-4-13)20-12-16-2-1-9-19-16;/h3-6,14,16H,1-2,7-12,17H2;1H. The predicted molar refractivity (Wildman–Crippen MR) is 86.0 cm³/mol. The third-order valence-electron chi connectivity index (χ3n) is 4.10. The summed E-state index contributed by atoms with van der Waals surface area (Å²) in [6.07, 6.45) is 3.67. The van der Waals surface area contributed by atoms with Gasteiger partial charge in [-0.2, -0.15) is 0 Å². The molecule has 0 saturated carbocycles. The Labute approximate surface area is 133 Å². The highest BCUT2D eigenvalue weighted by Gasteiger charge is 2.19. The first-order valence-electron chi connectivity index (χ1n) is 7.61. The molecule has 0 bridgehead atoms. The van der Waals surface area contributed by atoms with Crippen LogP contribution < -0.4 is 10.5 Å². The number of likely N-dealkylation sites (tertiary alicyclic amines) is 1. The van der Waals surface area contributed by atoms with Gasteiger partial charge in [0.15, 0.2) is 0 Å². The Kier molecular flexibility index (Phi) is 6.30. The fourth-order valence-electron chi connectivity index (χ4n) is 2.92. The van der Waals surface area contributed by atoms with Gasteiger partial charge >= 0.3 is 0 Å². The number of benzene rings is 1. The molecule has 1 aromatic rings. The zero-order chi connectivity index (χ0) is 13.8. The van der Waals surface area contributed by atoms with Crippen molar-refractivity contribution in [3.05, 3.63) is 29.8 Å². The van der Waals surface area contributed by atoms with E-state index in [2.05, 4.69) is 29.2 Å². The lowest BCUT2D eigenvalue weighted by Crippen LogP contribution is -2.26. The second kappa shape index (κ2) is 7.99. The molecular formula is C16H25ClN2O2. The summed E-state index contributed by atoms with van der Waals surface area (Å²) in [5.74, 6) is 0.933. The lowest BCUT2D eigenvalue weighted by Gasteiger charge is -2.16. The van der Waals surface area contributed by atoms with E-state index in [0.717, 1.165) is 51.3 Å². The van der Waals surface area contributed by atoms with E-state index in [-0.39, 0.29) is 18.5 Å². The predicted octanol–water partition coefficient (Wildman–Crippen LogP) is 2.20. The zero-order valence-electron chi connectivity index (χ0n) is 12.4. The average molecular weight is 313 g/mol. The highest BCUT2D eigenvalue weighted by atomic mass is 35.5. The monoisotopic (exact) mass is 312 g/mol. The van der Waals surface area contributed by atoms with Crippen LogP contribution in [0.2, 0.25) is 0 Å². The van der Waals surface area contributed by atoms with Crippen molar-refractivity contribution in [2.24, 2.45) is 5.73 Å². The van der Waals surface area contributed by atoms with Crippen LogP contribution in [0.3, 0.4) is 0 Å². The summed E-state index contributed by atoms with van der Waals surface area (Å²) in [6.45, 7) is 4.65. The highest BCUT2D eigenvalue weighted by Crippen LogP contribution is 2.18. The topological polar surface area (TPSA) is 47.7 Å². The van der Waals surface area contributed by atoms with E-state index in [0.29, 0.717) is 12.6 Å². The molecule has 2 aliphatic rings. The number of hydrogen-bond donors (Lipinski definition) is 1. The molecule has 0 radical (unpaired) electrons. The van der Waals surface area contributed by atoms with Gasteiger partial charge in [-0.15, -0.1) is 12.4 Å². The molecule has 0 amide bonds. The number of halogens is 1. The van der Waals surface area contributed by atoms with E-state index < -0.39 is 0 Å². The molecule has 3 rings (SSSR count). The molecule has 118 valence electrons. The summed E-state index contributed by atoms with van der Waals surface area (Å²) in [5, 5.41) is 0. The molecule has 0 aliphatic carbocycles. The van der Waals surface area contributed by atoms with Crippen molar-refractivity contribution >= 4 is 12.4 Å². The maximum atomic E-state index is 5.93. The lowest BCUT2D eigenvalue weighted by atomic mass is 10.2. The number of nitrogens with zero attached hydrogens (tertiary/aromatic N) is 1. The summed E-state index contributed by atoms with van der Waals surface area (Å²) < 4.78 is 11.3. The van der Waals surface area contributed by atoms with E-state index in [1.165, 1.54) is 5.56 Å². The van der Waals surface area contributed by atoms with Crippen LogP contribution in [0.15, 0.2) is 24.3 Å². The maximum Gasteiger partial charge on any atom is 0.119 e. The molecule has 5 heteroatoms. The number of hydrogen-bond acceptors (Lipinski definition) is 4. The Morgan fingerprint density at radius 2 is 2.05 bits per heavy atom. The Morgan fingerprint density at radius 1 is 1.24 bits per heavy atom. The highest BCUT2D eigenvalue weighted by molar-refractivity contribution is 5.85. The van der Waals surface area contributed by atoms with Crippen molar-refractivity contribution in [2.45, 2.75) is 38.0 Å². The van der Waals surface area contributed by atoms with Crippen LogP contribution >= 0.6 is 12.4 Å². The van der Waals surface area contributed by atoms with Crippen LogP contribution in [0.25, 0.3) is 0 Å². The van der Waals surface area contributed by atoms with Crippen LogP contribution in [0, 0.1) is 0 Å². The van der Waals surface area contributed by atoms with E-state index in [1.807, 2.05) is 0 Å². The summed E-state index contributed by atoms with van der Waals surface area (Å²) in [5.41, 5.74) is 7.25. The quantitative estimate of drug-likeness (QED) is 0.905. The Bertz CT molecular complexity index is 421. The SMILES string of the molecule is Cl.NC1CCN(Cc2ccc(OCC3CCCO3)cc2)C1. The van der Waals surface area contributed by atoms with E-state index >= 15 is 0 Å². The van der Waals surface area contributed by atoms with Gasteiger partial charge in [0, 0.05) is 32.3 Å². The third-order valence-corrected chi connectivity index (χ3v) is 4.10. The normalized spacial score (nSPS) is 25.8. The average Bonchev–Trinajstić information content (AvgIpc) is 3.10. The number of nitrogens with two attached hydrogens (primary N) is 1. The summed E-state index contributed by atoms with van der Waals surface area (Å²) in [6, 6.07) is 8.76. The first kappa shape index (κ1) is 16.6. The molecular weight excluding hydrogens is 288 g/mol. The molecule has 2 atom stereocenters. The van der Waals surface area contributed by atoms with Crippen molar-refractivity contribution < 1.29 is 9.47 Å². The molecule has 0 aromatic heterocycles. The molecule has 2 saturated heterocycles. The number of rotatable bonds is 5. The molecule has 2 aliphatic heterocycles. The van der Waals surface area contributed by atoms with Crippen LogP contribution in [0.4, 0.5) is 0 Å². The molecule has 2 N–H and O–H groups in total. The largest absolute Gasteiger partial charge is 0.491 e. The minimum absolute atomic E-state index is 0. The summed E-state index contributed by atoms with van der Waals surface area (Å²) in [7, 11) is 0. The van der Waals surface area contributed by atoms with E-state index in [9.17, 15) is 0 Å². The van der Waals surface area contributed by atoms with Crippen LogP contribution in [0.5, 0.6) is 5.75 Å². The van der Waals surface area contributed by atoms with Crippen LogP contribution in [-0.2, 0) is 11.3 Å². The van der Waals surface area contributed by atoms with Crippen molar-refractivity contribution in [3.8, 4) is 5.75 Å². The smallest absolute Gasteiger partial charge is 0.119 e. The third kappa shape index (κ3) is 4.85. The Hall–Kier alpha value is -0.810. The summed E-state index contributed by atoms with van der Waals surface area (Å²) >= 11 is 0. The second-order valence-corrected chi connectivity index (χ2v) is 5.87. The second-order valence-electron chi connectivity index (χ2n) is 5.87. The molecule has 4 nitrogen and oxygen atoms in total. The van der Waals surface area contributed by atoms with Crippen LogP contribution in [0.1, 0.15) is 24.8 Å². The molecule has 2 heterocycles. The molecule has 1 aromatic carbocycles.